The summed E-state index contributed by atoms with van der Waals surface area (Å²) in [7, 11) is 1.97. The van der Waals surface area contributed by atoms with E-state index < -0.39 is 0 Å². The monoisotopic (exact) mass is 492 g/mol. The summed E-state index contributed by atoms with van der Waals surface area (Å²) in [4.78, 5) is 12.4. The molecule has 0 aliphatic rings. The molecule has 26 heavy (non-hydrogen) atoms. The first-order valence-corrected chi connectivity index (χ1v) is 9.12. The summed E-state index contributed by atoms with van der Waals surface area (Å²) in [5.41, 5.74) is 1.07. The molecule has 1 aromatic heterocycles. The van der Waals surface area contributed by atoms with Crippen LogP contribution < -0.4 is 10.1 Å². The number of aryl methyl sites for hydroxylation is 2. The van der Waals surface area contributed by atoms with Crippen molar-refractivity contribution >= 4 is 41.3 Å². The third kappa shape index (κ3) is 7.06. The van der Waals surface area contributed by atoms with E-state index in [-0.39, 0.29) is 29.8 Å². The zero-order valence-electron chi connectivity index (χ0n) is 15.6. The number of nitrogens with one attached hydrogen (secondary N) is 1. The van der Waals surface area contributed by atoms with Crippen LogP contribution in [0, 0.1) is 19.7 Å². The van der Waals surface area contributed by atoms with Crippen LogP contribution >= 0.6 is 35.3 Å². The van der Waals surface area contributed by atoms with E-state index in [4.69, 9.17) is 4.74 Å². The van der Waals surface area contributed by atoms with E-state index in [9.17, 15) is 4.39 Å². The standard InChI is InChI=1S/C18H25FN4OS.HI/c1-5-20-18(21-12-17-22-13(2)14(3)25-17)23(4)10-11-24-16-8-6-15(19)7-9-16;/h6-9H,5,10-12H2,1-4H3,(H,20,21);1H. The Kier molecular flexibility index (Phi) is 9.85. The summed E-state index contributed by atoms with van der Waals surface area (Å²) < 4.78 is 18.5. The Morgan fingerprint density at radius 2 is 2.00 bits per heavy atom. The second-order valence-electron chi connectivity index (χ2n) is 5.64. The van der Waals surface area contributed by atoms with E-state index in [1.165, 1.54) is 17.0 Å². The number of aromatic nitrogens is 1. The largest absolute Gasteiger partial charge is 0.492 e. The summed E-state index contributed by atoms with van der Waals surface area (Å²) in [5.74, 6) is 1.21. The molecule has 144 valence electrons. The van der Waals surface area contributed by atoms with Crippen LogP contribution in [0.2, 0.25) is 0 Å². The van der Waals surface area contributed by atoms with Crippen LogP contribution in [0.1, 0.15) is 22.5 Å². The SMILES string of the molecule is CCNC(=NCc1nc(C)c(C)s1)N(C)CCOc1ccc(F)cc1.I. The molecule has 0 saturated heterocycles. The Balaban J connectivity index is 0.00000338. The average Bonchev–Trinajstić information content (AvgIpc) is 2.91. The Labute approximate surface area is 175 Å². The highest BCUT2D eigenvalue weighted by Gasteiger charge is 2.08. The third-order valence-corrected chi connectivity index (χ3v) is 4.70. The number of rotatable bonds is 7. The number of guanidine groups is 1. The molecule has 0 aliphatic heterocycles. The molecule has 0 aliphatic carbocycles. The molecule has 0 atom stereocenters. The van der Waals surface area contributed by atoms with Crippen LogP contribution in [-0.2, 0) is 6.54 Å². The number of halogens is 2. The number of ether oxygens (including phenoxy) is 1. The smallest absolute Gasteiger partial charge is 0.194 e. The van der Waals surface area contributed by atoms with Gasteiger partial charge in [0.05, 0.1) is 18.8 Å². The Hall–Kier alpha value is -1.42. The number of hydrogen-bond donors (Lipinski definition) is 1. The first-order valence-electron chi connectivity index (χ1n) is 8.30. The molecular formula is C18H26FIN4OS. The third-order valence-electron chi connectivity index (χ3n) is 3.64. The van der Waals surface area contributed by atoms with E-state index in [2.05, 4.69) is 22.2 Å². The number of nitrogens with zero attached hydrogens (tertiary/aromatic N) is 3. The van der Waals surface area contributed by atoms with Crippen LogP contribution in [0.4, 0.5) is 4.39 Å². The quantitative estimate of drug-likeness (QED) is 0.361. The van der Waals surface area contributed by atoms with Crippen molar-refractivity contribution in [3.8, 4) is 5.75 Å². The first kappa shape index (κ1) is 22.6. The van der Waals surface area contributed by atoms with E-state index in [0.29, 0.717) is 25.4 Å². The molecule has 5 nitrogen and oxygen atoms in total. The van der Waals surface area contributed by atoms with E-state index in [1.54, 1.807) is 23.5 Å². The number of benzene rings is 1. The molecule has 2 aromatic rings. The van der Waals surface area contributed by atoms with Gasteiger partial charge in [-0.2, -0.15) is 0 Å². The predicted molar refractivity (Wildman–Crippen MR) is 116 cm³/mol. The molecule has 8 heteroatoms. The fourth-order valence-electron chi connectivity index (χ4n) is 2.16. The molecule has 0 spiro atoms. The van der Waals surface area contributed by atoms with Crippen molar-refractivity contribution in [3.63, 3.8) is 0 Å². The highest BCUT2D eigenvalue weighted by molar-refractivity contribution is 14.0. The molecule has 0 radical (unpaired) electrons. The second kappa shape index (κ2) is 11.3. The molecule has 1 heterocycles. The maximum atomic E-state index is 12.9. The molecule has 0 unspecified atom stereocenters. The maximum absolute atomic E-state index is 12.9. The number of aliphatic imine (C=N–C) groups is 1. The normalized spacial score (nSPS) is 11.0. The van der Waals surface area contributed by atoms with Crippen molar-refractivity contribution in [2.45, 2.75) is 27.3 Å². The molecule has 1 aromatic carbocycles. The number of likely N-dealkylation sites (N-methyl/N-ethyl adjacent to an activating group) is 1. The van der Waals surface area contributed by atoms with Crippen LogP contribution in [0.25, 0.3) is 0 Å². The van der Waals surface area contributed by atoms with Gasteiger partial charge in [0.1, 0.15) is 23.2 Å². The summed E-state index contributed by atoms with van der Waals surface area (Å²) in [5, 5.41) is 4.29. The summed E-state index contributed by atoms with van der Waals surface area (Å²) in [6, 6.07) is 6.04. The van der Waals surface area contributed by atoms with E-state index >= 15 is 0 Å². The van der Waals surface area contributed by atoms with Crippen molar-refractivity contribution in [2.75, 3.05) is 26.7 Å². The zero-order valence-corrected chi connectivity index (χ0v) is 18.7. The van der Waals surface area contributed by atoms with E-state index in [0.717, 1.165) is 23.2 Å². The highest BCUT2D eigenvalue weighted by Crippen LogP contribution is 2.17. The minimum absolute atomic E-state index is 0. The van der Waals surface area contributed by atoms with Crippen LogP contribution in [0.5, 0.6) is 5.75 Å². The number of thiazole rings is 1. The van der Waals surface area contributed by atoms with Gasteiger partial charge in [-0.05, 0) is 45.0 Å². The summed E-state index contributed by atoms with van der Waals surface area (Å²) >= 11 is 1.68. The van der Waals surface area contributed by atoms with Gasteiger partial charge in [-0.25, -0.2) is 14.4 Å². The maximum Gasteiger partial charge on any atom is 0.194 e. The van der Waals surface area contributed by atoms with Gasteiger partial charge >= 0.3 is 0 Å². The van der Waals surface area contributed by atoms with Crippen LogP contribution in [0.3, 0.4) is 0 Å². The highest BCUT2D eigenvalue weighted by atomic mass is 127. The minimum atomic E-state index is -0.265. The van der Waals surface area contributed by atoms with Gasteiger partial charge in [0, 0.05) is 18.5 Å². The van der Waals surface area contributed by atoms with Gasteiger partial charge in [-0.1, -0.05) is 0 Å². The van der Waals surface area contributed by atoms with Gasteiger partial charge in [-0.3, -0.25) is 0 Å². The molecule has 0 fully saturated rings. The van der Waals surface area contributed by atoms with Gasteiger partial charge < -0.3 is 15.0 Å². The lowest BCUT2D eigenvalue weighted by atomic mass is 10.3. The molecule has 0 amide bonds. The van der Waals surface area contributed by atoms with Gasteiger partial charge in [0.2, 0.25) is 0 Å². The lowest BCUT2D eigenvalue weighted by molar-refractivity contribution is 0.281. The van der Waals surface area contributed by atoms with Gasteiger partial charge in [0.25, 0.3) is 0 Å². The minimum Gasteiger partial charge on any atom is -0.492 e. The molecule has 0 bridgehead atoms. The summed E-state index contributed by atoms with van der Waals surface area (Å²) in [6.45, 7) is 8.63. The van der Waals surface area contributed by atoms with Crippen LogP contribution in [0.15, 0.2) is 29.3 Å². The van der Waals surface area contributed by atoms with Gasteiger partial charge in [-0.15, -0.1) is 35.3 Å². The Morgan fingerprint density at radius 3 is 2.58 bits per heavy atom. The number of hydrogen-bond acceptors (Lipinski definition) is 4. The lowest BCUT2D eigenvalue weighted by Gasteiger charge is -2.22. The lowest BCUT2D eigenvalue weighted by Crippen LogP contribution is -2.40. The van der Waals surface area contributed by atoms with Crippen molar-refractivity contribution in [1.82, 2.24) is 15.2 Å². The molecule has 1 N–H and O–H groups in total. The fraction of sp³-hybridized carbons (Fsp3) is 0.444. The Morgan fingerprint density at radius 1 is 1.31 bits per heavy atom. The summed E-state index contributed by atoms with van der Waals surface area (Å²) in [6.07, 6.45) is 0. The molecule has 0 saturated carbocycles. The van der Waals surface area contributed by atoms with Crippen LogP contribution in [-0.4, -0.2) is 42.6 Å². The van der Waals surface area contributed by atoms with Crippen molar-refractivity contribution in [1.29, 1.82) is 0 Å². The van der Waals surface area contributed by atoms with E-state index in [1.807, 2.05) is 25.8 Å². The predicted octanol–water partition coefficient (Wildman–Crippen LogP) is 3.99. The Bertz CT molecular complexity index is 686. The van der Waals surface area contributed by atoms with Crippen molar-refractivity contribution in [2.24, 2.45) is 4.99 Å². The van der Waals surface area contributed by atoms with Gasteiger partial charge in [0.15, 0.2) is 5.96 Å². The molecule has 2 rings (SSSR count). The van der Waals surface area contributed by atoms with Crippen molar-refractivity contribution < 1.29 is 9.13 Å². The first-order chi connectivity index (χ1) is 12.0. The second-order valence-corrected chi connectivity index (χ2v) is 6.93. The fourth-order valence-corrected chi connectivity index (χ4v) is 3.01. The average molecular weight is 492 g/mol. The van der Waals surface area contributed by atoms with Crippen molar-refractivity contribution in [3.05, 3.63) is 45.7 Å². The molecular weight excluding hydrogens is 466 g/mol. The topological polar surface area (TPSA) is 49.8 Å². The zero-order chi connectivity index (χ0) is 18.2.